The molecular formula is C24H24N2O3S. The smallest absolute Gasteiger partial charge is 0.333 e. The third-order valence-electron chi connectivity index (χ3n) is 5.13. The van der Waals surface area contributed by atoms with E-state index in [9.17, 15) is 9.90 Å². The van der Waals surface area contributed by atoms with Gasteiger partial charge in [-0.2, -0.15) is 0 Å². The Morgan fingerprint density at radius 3 is 2.73 bits per heavy atom. The number of ether oxygens (including phenoxy) is 1. The van der Waals surface area contributed by atoms with Crippen LogP contribution in [0.5, 0.6) is 0 Å². The van der Waals surface area contributed by atoms with E-state index in [1.165, 1.54) is 4.88 Å². The van der Waals surface area contributed by atoms with Crippen molar-refractivity contribution in [3.8, 4) is 10.6 Å². The maximum atomic E-state index is 11.4. The zero-order chi connectivity index (χ0) is 21.1. The minimum Gasteiger partial charge on any atom is -0.479 e. The Balaban J connectivity index is 1.56. The molecule has 0 spiro atoms. The maximum absolute atomic E-state index is 11.4. The molecule has 5 nitrogen and oxygen atoms in total. The van der Waals surface area contributed by atoms with E-state index in [1.54, 1.807) is 11.3 Å². The highest BCUT2D eigenvalue weighted by atomic mass is 32.1. The lowest BCUT2D eigenvalue weighted by Crippen LogP contribution is -2.26. The molecule has 0 aliphatic carbocycles. The third kappa shape index (κ3) is 4.30. The summed E-state index contributed by atoms with van der Waals surface area (Å²) in [4.78, 5) is 17.5. The highest BCUT2D eigenvalue weighted by molar-refractivity contribution is 7.15. The minimum atomic E-state index is -0.928. The summed E-state index contributed by atoms with van der Waals surface area (Å²) in [6, 6.07) is 18.4. The number of carboxylic acid groups (broad SMARTS) is 1. The molecule has 0 aliphatic rings. The van der Waals surface area contributed by atoms with E-state index < -0.39 is 12.1 Å². The maximum Gasteiger partial charge on any atom is 0.333 e. The van der Waals surface area contributed by atoms with Gasteiger partial charge in [0.05, 0.1) is 12.2 Å². The van der Waals surface area contributed by atoms with Gasteiger partial charge in [-0.05, 0) is 43.0 Å². The van der Waals surface area contributed by atoms with Crippen LogP contribution in [0.2, 0.25) is 0 Å². The van der Waals surface area contributed by atoms with E-state index >= 15 is 0 Å². The topological polar surface area (TPSA) is 64.4 Å². The van der Waals surface area contributed by atoms with Crippen molar-refractivity contribution in [1.29, 1.82) is 0 Å². The molecule has 0 bridgehead atoms. The lowest BCUT2D eigenvalue weighted by molar-refractivity contribution is -0.149. The standard InChI is InChI=1S/C24H24N2O3S/c1-3-29-22(24(27)28)14-17-9-10-21-19(13-17)11-12-26(21)15-20-16(2)30-23(25-20)18-7-5-4-6-8-18/h4-13,22H,3,14-15H2,1-2H3,(H,27,28). The number of aromatic nitrogens is 2. The molecule has 30 heavy (non-hydrogen) atoms. The van der Waals surface area contributed by atoms with E-state index in [4.69, 9.17) is 9.72 Å². The molecule has 4 aromatic rings. The third-order valence-corrected chi connectivity index (χ3v) is 6.20. The zero-order valence-electron chi connectivity index (χ0n) is 17.0. The van der Waals surface area contributed by atoms with Crippen molar-refractivity contribution in [2.75, 3.05) is 6.61 Å². The molecule has 4 rings (SSSR count). The Hall–Kier alpha value is -2.96. The molecule has 0 amide bonds. The second-order valence-electron chi connectivity index (χ2n) is 7.21. The minimum absolute atomic E-state index is 0.357. The van der Waals surface area contributed by atoms with Gasteiger partial charge in [-0.25, -0.2) is 9.78 Å². The van der Waals surface area contributed by atoms with Crippen molar-refractivity contribution in [2.45, 2.75) is 32.9 Å². The highest BCUT2D eigenvalue weighted by Crippen LogP contribution is 2.29. The van der Waals surface area contributed by atoms with Crippen LogP contribution in [0.3, 0.4) is 0 Å². The fourth-order valence-corrected chi connectivity index (χ4v) is 4.52. The fraction of sp³-hybridized carbons (Fsp3) is 0.250. The summed E-state index contributed by atoms with van der Waals surface area (Å²) >= 11 is 1.72. The molecule has 2 aromatic heterocycles. The number of aryl methyl sites for hydroxylation is 1. The van der Waals surface area contributed by atoms with Gasteiger partial charge in [-0.15, -0.1) is 11.3 Å². The second-order valence-corrected chi connectivity index (χ2v) is 8.41. The number of nitrogens with zero attached hydrogens (tertiary/aromatic N) is 2. The van der Waals surface area contributed by atoms with E-state index in [1.807, 2.05) is 37.3 Å². The Bertz CT molecular complexity index is 1160. The van der Waals surface area contributed by atoms with Crippen LogP contribution in [0.15, 0.2) is 60.8 Å². The Kier molecular flexibility index (Phi) is 5.97. The summed E-state index contributed by atoms with van der Waals surface area (Å²) in [6.07, 6.45) is 1.60. The van der Waals surface area contributed by atoms with Crippen molar-refractivity contribution >= 4 is 28.2 Å². The summed E-state index contributed by atoms with van der Waals surface area (Å²) in [5, 5.41) is 11.4. The average Bonchev–Trinajstić information content (AvgIpc) is 3.32. The predicted molar refractivity (Wildman–Crippen MR) is 120 cm³/mol. The number of carboxylic acids is 1. The van der Waals surface area contributed by atoms with Crippen molar-refractivity contribution < 1.29 is 14.6 Å². The normalized spacial score (nSPS) is 12.3. The summed E-state index contributed by atoms with van der Waals surface area (Å²) in [5.74, 6) is -0.928. The largest absolute Gasteiger partial charge is 0.479 e. The van der Waals surface area contributed by atoms with Gasteiger partial charge in [0.15, 0.2) is 6.10 Å². The van der Waals surface area contributed by atoms with Gasteiger partial charge >= 0.3 is 5.97 Å². The van der Waals surface area contributed by atoms with Gasteiger partial charge in [-0.1, -0.05) is 36.4 Å². The molecule has 1 N–H and O–H groups in total. The van der Waals surface area contributed by atoms with Crippen LogP contribution in [0, 0.1) is 6.92 Å². The van der Waals surface area contributed by atoms with Crippen molar-refractivity contribution in [3.63, 3.8) is 0 Å². The molecule has 2 aromatic carbocycles. The quantitative estimate of drug-likeness (QED) is 0.428. The molecule has 0 saturated carbocycles. The first-order valence-electron chi connectivity index (χ1n) is 9.99. The Morgan fingerprint density at radius 2 is 2.00 bits per heavy atom. The fourth-order valence-electron chi connectivity index (χ4n) is 3.59. The molecule has 1 unspecified atom stereocenters. The van der Waals surface area contributed by atoms with E-state index in [0.717, 1.165) is 32.7 Å². The van der Waals surface area contributed by atoms with Crippen LogP contribution in [-0.4, -0.2) is 33.3 Å². The lowest BCUT2D eigenvalue weighted by Gasteiger charge is -2.12. The van der Waals surface area contributed by atoms with Crippen LogP contribution >= 0.6 is 11.3 Å². The number of hydrogen-bond donors (Lipinski definition) is 1. The molecule has 0 saturated heterocycles. The van der Waals surface area contributed by atoms with Gasteiger partial charge in [0.2, 0.25) is 0 Å². The summed E-state index contributed by atoms with van der Waals surface area (Å²) in [6.45, 7) is 5.01. The van der Waals surface area contributed by atoms with E-state index in [2.05, 4.69) is 42.0 Å². The molecule has 1 atom stereocenters. The van der Waals surface area contributed by atoms with Crippen LogP contribution in [0.1, 0.15) is 23.1 Å². The number of hydrogen-bond acceptors (Lipinski definition) is 4. The molecule has 2 heterocycles. The Labute approximate surface area is 179 Å². The monoisotopic (exact) mass is 420 g/mol. The predicted octanol–water partition coefficient (Wildman–Crippen LogP) is 5.15. The number of rotatable bonds is 8. The number of fused-ring (bicyclic) bond motifs is 1. The van der Waals surface area contributed by atoms with Crippen molar-refractivity contribution in [3.05, 3.63) is 76.9 Å². The molecular weight excluding hydrogens is 396 g/mol. The van der Waals surface area contributed by atoms with Gasteiger partial charge in [0.25, 0.3) is 0 Å². The number of benzene rings is 2. The van der Waals surface area contributed by atoms with Crippen LogP contribution < -0.4 is 0 Å². The van der Waals surface area contributed by atoms with E-state index in [0.29, 0.717) is 19.6 Å². The van der Waals surface area contributed by atoms with Crippen molar-refractivity contribution in [2.24, 2.45) is 0 Å². The lowest BCUT2D eigenvalue weighted by atomic mass is 10.1. The number of thiazole rings is 1. The van der Waals surface area contributed by atoms with Gasteiger partial charge in [0, 0.05) is 35.2 Å². The molecule has 154 valence electrons. The summed E-state index contributed by atoms with van der Waals surface area (Å²) < 4.78 is 7.53. The van der Waals surface area contributed by atoms with E-state index in [-0.39, 0.29) is 0 Å². The highest BCUT2D eigenvalue weighted by Gasteiger charge is 2.18. The SMILES string of the molecule is CCOC(Cc1ccc2c(ccn2Cc2nc(-c3ccccc3)sc2C)c1)C(=O)O. The molecule has 0 radical (unpaired) electrons. The summed E-state index contributed by atoms with van der Waals surface area (Å²) in [5.41, 5.74) is 4.27. The molecule has 6 heteroatoms. The van der Waals surface area contributed by atoms with Crippen LogP contribution in [-0.2, 0) is 22.5 Å². The van der Waals surface area contributed by atoms with Crippen LogP contribution in [0.4, 0.5) is 0 Å². The second kappa shape index (κ2) is 8.81. The number of carbonyl (C=O) groups is 1. The zero-order valence-corrected chi connectivity index (χ0v) is 17.9. The van der Waals surface area contributed by atoms with Crippen molar-refractivity contribution in [1.82, 2.24) is 9.55 Å². The van der Waals surface area contributed by atoms with Gasteiger partial charge in [-0.3, -0.25) is 0 Å². The first-order valence-corrected chi connectivity index (χ1v) is 10.8. The van der Waals surface area contributed by atoms with Gasteiger partial charge in [0.1, 0.15) is 5.01 Å². The first-order chi connectivity index (χ1) is 14.5. The van der Waals surface area contributed by atoms with Gasteiger partial charge < -0.3 is 14.4 Å². The average molecular weight is 421 g/mol. The molecule has 0 aliphatic heterocycles. The Morgan fingerprint density at radius 1 is 1.20 bits per heavy atom. The van der Waals surface area contributed by atoms with Crippen LogP contribution in [0.25, 0.3) is 21.5 Å². The number of aliphatic carboxylic acids is 1. The first kappa shape index (κ1) is 20.3. The molecule has 0 fully saturated rings. The summed E-state index contributed by atoms with van der Waals surface area (Å²) in [7, 11) is 0.